The lowest BCUT2D eigenvalue weighted by Gasteiger charge is -2.08. The van der Waals surface area contributed by atoms with Gasteiger partial charge in [0.2, 0.25) is 0 Å². The number of carbonyl (C=O) groups excluding carboxylic acids is 2. The Morgan fingerprint density at radius 3 is 1.37 bits per heavy atom. The average molecular weight is 413 g/mol. The summed E-state index contributed by atoms with van der Waals surface area (Å²) in [4.78, 5) is 47.3. The lowest BCUT2D eigenvalue weighted by atomic mass is 10.3. The summed E-state index contributed by atoms with van der Waals surface area (Å²) in [5.41, 5.74) is 0.997. The van der Waals surface area contributed by atoms with Crippen molar-refractivity contribution in [2.45, 2.75) is 0 Å². The van der Waals surface area contributed by atoms with Crippen molar-refractivity contribution in [2.75, 3.05) is 10.6 Å². The zero-order valence-electron chi connectivity index (χ0n) is 16.3. The largest absolute Gasteiger partial charge is 0.477 e. The van der Waals surface area contributed by atoms with Gasteiger partial charge in [-0.05, 0) is 24.3 Å². The Balaban J connectivity index is 1.76. The molecule has 3 heterocycles. The summed E-state index contributed by atoms with van der Waals surface area (Å²) in [6, 6.07) is 5.57. The van der Waals surface area contributed by atoms with Crippen molar-refractivity contribution in [3.05, 3.63) is 59.4 Å². The lowest BCUT2D eigenvalue weighted by Crippen LogP contribution is -2.20. The van der Waals surface area contributed by atoms with Crippen LogP contribution < -0.4 is 10.6 Å². The molecule has 0 spiro atoms. The molecule has 0 aliphatic carbocycles. The van der Waals surface area contributed by atoms with Crippen LogP contribution in [0.1, 0.15) is 42.0 Å². The van der Waals surface area contributed by atoms with Gasteiger partial charge in [-0.1, -0.05) is 0 Å². The third-order valence-electron chi connectivity index (χ3n) is 4.55. The van der Waals surface area contributed by atoms with Crippen molar-refractivity contribution < 1.29 is 29.4 Å². The van der Waals surface area contributed by atoms with Gasteiger partial charge in [0.1, 0.15) is 22.8 Å². The molecule has 3 rings (SSSR count). The number of rotatable bonds is 6. The molecule has 0 aliphatic heterocycles. The fourth-order valence-corrected chi connectivity index (χ4v) is 3.05. The maximum atomic E-state index is 12.6. The first-order chi connectivity index (χ1) is 14.1. The van der Waals surface area contributed by atoms with E-state index < -0.39 is 23.8 Å². The smallest absolute Gasteiger partial charge is 0.352 e. The molecule has 0 radical (unpaired) electrons. The molecule has 0 bridgehead atoms. The minimum atomic E-state index is -1.12. The first-order valence-corrected chi connectivity index (χ1v) is 8.66. The summed E-state index contributed by atoms with van der Waals surface area (Å²) < 4.78 is 4.12. The summed E-state index contributed by atoms with van der Waals surface area (Å²) in [5.74, 6) is -3.29. The Kier molecular flexibility index (Phi) is 5.20. The van der Waals surface area contributed by atoms with Gasteiger partial charge in [-0.15, -0.1) is 0 Å². The van der Waals surface area contributed by atoms with E-state index in [9.17, 15) is 19.2 Å². The maximum Gasteiger partial charge on any atom is 0.352 e. The van der Waals surface area contributed by atoms with Crippen LogP contribution in [0.15, 0.2) is 36.7 Å². The van der Waals surface area contributed by atoms with Gasteiger partial charge in [-0.2, -0.15) is 0 Å². The van der Waals surface area contributed by atoms with Gasteiger partial charge in [0.05, 0.1) is 11.4 Å². The lowest BCUT2D eigenvalue weighted by molar-refractivity contribution is 0.0675. The zero-order chi connectivity index (χ0) is 22.2. The van der Waals surface area contributed by atoms with Crippen molar-refractivity contribution in [3.8, 4) is 0 Å². The normalized spacial score (nSPS) is 10.6. The minimum Gasteiger partial charge on any atom is -0.477 e. The highest BCUT2D eigenvalue weighted by Crippen LogP contribution is 2.17. The van der Waals surface area contributed by atoms with E-state index in [-0.39, 0.29) is 22.8 Å². The molecule has 4 N–H and O–H groups in total. The predicted molar refractivity (Wildman–Crippen MR) is 106 cm³/mol. The van der Waals surface area contributed by atoms with Crippen molar-refractivity contribution in [3.63, 3.8) is 0 Å². The second-order valence-electron chi connectivity index (χ2n) is 6.63. The van der Waals surface area contributed by atoms with E-state index in [2.05, 4.69) is 10.6 Å². The molecule has 0 aromatic carbocycles. The number of aryl methyl sites for hydroxylation is 2. The van der Waals surface area contributed by atoms with Crippen molar-refractivity contribution in [2.24, 2.45) is 21.1 Å². The highest BCUT2D eigenvalue weighted by molar-refractivity contribution is 6.08. The molecule has 0 unspecified atom stereocenters. The standard InChI is InChI=1S/C19H19N5O6/c1-22-8-10(6-14(22)18(27)28)20-16(25)12-4-5-13(24(12)3)17(26)21-11-7-15(19(29)30)23(2)9-11/h4-9H,1-3H3,(H,20,25)(H,21,26)(H,27,28)(H,29,30). The van der Waals surface area contributed by atoms with Gasteiger partial charge in [0, 0.05) is 33.5 Å². The number of nitrogens with zero attached hydrogens (tertiary/aromatic N) is 3. The van der Waals surface area contributed by atoms with E-state index in [4.69, 9.17) is 10.2 Å². The first kappa shape index (κ1) is 20.5. The van der Waals surface area contributed by atoms with Gasteiger partial charge < -0.3 is 34.5 Å². The number of hydrogen-bond acceptors (Lipinski definition) is 4. The third-order valence-corrected chi connectivity index (χ3v) is 4.55. The second kappa shape index (κ2) is 7.62. The van der Waals surface area contributed by atoms with Gasteiger partial charge in [-0.25, -0.2) is 9.59 Å². The number of carboxylic acid groups (broad SMARTS) is 2. The zero-order valence-corrected chi connectivity index (χ0v) is 16.3. The number of aromatic nitrogens is 3. The summed E-state index contributed by atoms with van der Waals surface area (Å²) in [7, 11) is 4.62. The summed E-state index contributed by atoms with van der Waals surface area (Å²) in [6.07, 6.45) is 2.93. The Morgan fingerprint density at radius 2 is 1.07 bits per heavy atom. The van der Waals surface area contributed by atoms with Crippen LogP contribution >= 0.6 is 0 Å². The molecule has 2 amide bonds. The van der Waals surface area contributed by atoms with Crippen LogP contribution in [0.3, 0.4) is 0 Å². The van der Waals surface area contributed by atoms with Crippen molar-refractivity contribution >= 4 is 35.1 Å². The molecular formula is C19H19N5O6. The Hall–Kier alpha value is -4.28. The molecule has 3 aromatic heterocycles. The molecule has 156 valence electrons. The van der Waals surface area contributed by atoms with Gasteiger partial charge >= 0.3 is 11.9 Å². The van der Waals surface area contributed by atoms with Crippen LogP contribution in [0.2, 0.25) is 0 Å². The number of carboxylic acids is 2. The van der Waals surface area contributed by atoms with E-state index in [0.717, 1.165) is 0 Å². The third kappa shape index (κ3) is 3.81. The van der Waals surface area contributed by atoms with E-state index in [1.165, 1.54) is 57.4 Å². The van der Waals surface area contributed by atoms with Crippen LogP contribution in [0, 0.1) is 0 Å². The summed E-state index contributed by atoms with van der Waals surface area (Å²) in [6.45, 7) is 0. The average Bonchev–Trinajstić information content (AvgIpc) is 3.31. The molecular weight excluding hydrogens is 394 g/mol. The maximum absolute atomic E-state index is 12.6. The van der Waals surface area contributed by atoms with Crippen LogP contribution in [0.5, 0.6) is 0 Å². The number of anilines is 2. The Labute approximate surface area is 170 Å². The van der Waals surface area contributed by atoms with Crippen LogP contribution in [-0.2, 0) is 21.1 Å². The molecule has 0 atom stereocenters. The Morgan fingerprint density at radius 1 is 0.700 bits per heavy atom. The fraction of sp³-hybridized carbons (Fsp3) is 0.158. The molecule has 0 saturated carbocycles. The van der Waals surface area contributed by atoms with Crippen LogP contribution in [0.4, 0.5) is 11.4 Å². The van der Waals surface area contributed by atoms with E-state index in [1.807, 2.05) is 0 Å². The number of amides is 2. The predicted octanol–water partition coefficient (Wildman–Crippen LogP) is 1.60. The van der Waals surface area contributed by atoms with Crippen molar-refractivity contribution in [1.82, 2.24) is 13.7 Å². The van der Waals surface area contributed by atoms with E-state index in [0.29, 0.717) is 11.4 Å². The monoisotopic (exact) mass is 413 g/mol. The van der Waals surface area contributed by atoms with Gasteiger partial charge in [-0.3, -0.25) is 9.59 Å². The Bertz CT molecular complexity index is 1090. The van der Waals surface area contributed by atoms with Crippen LogP contribution in [0.25, 0.3) is 0 Å². The molecule has 30 heavy (non-hydrogen) atoms. The summed E-state index contributed by atoms with van der Waals surface area (Å²) in [5, 5.41) is 23.4. The quantitative estimate of drug-likeness (QED) is 0.483. The number of nitrogens with one attached hydrogen (secondary N) is 2. The second-order valence-corrected chi connectivity index (χ2v) is 6.63. The highest BCUT2D eigenvalue weighted by Gasteiger charge is 2.20. The molecule has 0 saturated heterocycles. The van der Waals surface area contributed by atoms with Crippen molar-refractivity contribution in [1.29, 1.82) is 0 Å². The molecule has 0 aliphatic rings. The minimum absolute atomic E-state index is 0.0147. The van der Waals surface area contributed by atoms with Crippen LogP contribution in [-0.4, -0.2) is 47.7 Å². The summed E-state index contributed by atoms with van der Waals surface area (Å²) >= 11 is 0. The van der Waals surface area contributed by atoms with E-state index in [1.54, 1.807) is 14.1 Å². The molecule has 3 aromatic rings. The number of hydrogen-bond donors (Lipinski definition) is 4. The van der Waals surface area contributed by atoms with Gasteiger partial charge in [0.15, 0.2) is 0 Å². The first-order valence-electron chi connectivity index (χ1n) is 8.66. The number of carbonyl (C=O) groups is 4. The molecule has 0 fully saturated rings. The molecule has 11 nitrogen and oxygen atoms in total. The topological polar surface area (TPSA) is 148 Å². The highest BCUT2D eigenvalue weighted by atomic mass is 16.4. The fourth-order valence-electron chi connectivity index (χ4n) is 3.05. The van der Waals surface area contributed by atoms with Gasteiger partial charge in [0.25, 0.3) is 11.8 Å². The van der Waals surface area contributed by atoms with E-state index >= 15 is 0 Å². The number of aromatic carboxylic acids is 2. The molecule has 11 heteroatoms. The SMILES string of the molecule is Cn1cc(NC(=O)c2ccc(C(=O)Nc3cc(C(=O)O)n(C)c3)n2C)cc1C(=O)O.